The zero-order valence-corrected chi connectivity index (χ0v) is 21.0. The molecule has 2 amide bonds. The molecule has 2 aliphatic heterocycles. The van der Waals surface area contributed by atoms with E-state index < -0.39 is 6.10 Å². The number of nitrogens with zero attached hydrogens (tertiary/aromatic N) is 2. The fraction of sp³-hybridized carbons (Fsp3) is 0.480. The van der Waals surface area contributed by atoms with E-state index >= 15 is 0 Å². The minimum absolute atomic E-state index is 0.0593. The first-order chi connectivity index (χ1) is 16.3. The van der Waals surface area contributed by atoms with Gasteiger partial charge in [-0.25, -0.2) is 4.98 Å². The average Bonchev–Trinajstić information content (AvgIpc) is 3.55. The number of hydrogen-bond acceptors (Lipinski definition) is 7. The fourth-order valence-corrected chi connectivity index (χ4v) is 5.05. The second-order valence-electron chi connectivity index (χ2n) is 8.97. The van der Waals surface area contributed by atoms with Crippen molar-refractivity contribution in [3.63, 3.8) is 0 Å². The molecule has 1 aromatic carbocycles. The molecule has 3 heterocycles. The van der Waals surface area contributed by atoms with Crippen LogP contribution in [0.1, 0.15) is 38.4 Å². The smallest absolute Gasteiger partial charge is 0.233 e. The van der Waals surface area contributed by atoms with Gasteiger partial charge in [0.15, 0.2) is 0 Å². The number of hydroxylamine groups is 1. The molecule has 9 heteroatoms. The Morgan fingerprint density at radius 2 is 2.12 bits per heavy atom. The zero-order chi connectivity index (χ0) is 24.7. The van der Waals surface area contributed by atoms with Gasteiger partial charge < -0.3 is 20.2 Å². The highest BCUT2D eigenvalue weighted by atomic mass is 32.1. The van der Waals surface area contributed by atoms with Crippen LogP contribution < -0.4 is 10.8 Å². The average molecular weight is 487 g/mol. The summed E-state index contributed by atoms with van der Waals surface area (Å²) in [6.07, 6.45) is 2.89. The number of carbonyl (C=O) groups excluding carboxylic acids is 2. The number of aryl methyl sites for hydroxylation is 1. The molecular formula is C25H34N4O4S. The lowest BCUT2D eigenvalue weighted by atomic mass is 9.92. The van der Waals surface area contributed by atoms with Crippen LogP contribution in [-0.4, -0.2) is 52.5 Å². The van der Waals surface area contributed by atoms with Crippen LogP contribution in [0.15, 0.2) is 41.6 Å². The van der Waals surface area contributed by atoms with Crippen LogP contribution >= 0.6 is 11.3 Å². The number of benzene rings is 1. The minimum Gasteiger partial charge on any atom is -0.412 e. The van der Waals surface area contributed by atoms with Crippen LogP contribution in [0.2, 0.25) is 0 Å². The van der Waals surface area contributed by atoms with Crippen LogP contribution in [0, 0.1) is 18.8 Å². The molecule has 2 aliphatic rings. The quantitative estimate of drug-likeness (QED) is 0.520. The third-order valence-corrected chi connectivity index (χ3v) is 6.98. The maximum atomic E-state index is 12.6. The summed E-state index contributed by atoms with van der Waals surface area (Å²) in [5, 5.41) is 12.3. The lowest BCUT2D eigenvalue weighted by molar-refractivity contribution is -0.138. The van der Waals surface area contributed by atoms with Crippen LogP contribution in [0.25, 0.3) is 10.4 Å². The first kappa shape index (κ1) is 25.9. The Balaban J connectivity index is 0.000000192. The van der Waals surface area contributed by atoms with E-state index in [2.05, 4.69) is 27.9 Å². The third kappa shape index (κ3) is 6.43. The van der Waals surface area contributed by atoms with Crippen molar-refractivity contribution in [2.24, 2.45) is 11.8 Å². The molecule has 1 saturated heterocycles. The number of carbonyl (C=O) groups is 2. The number of likely N-dealkylation sites (tertiary alicyclic amines) is 1. The number of aliphatic hydroxyl groups excluding tert-OH is 1. The molecule has 0 spiro atoms. The van der Waals surface area contributed by atoms with Gasteiger partial charge in [-0.3, -0.25) is 9.59 Å². The molecule has 1 aromatic heterocycles. The van der Waals surface area contributed by atoms with E-state index in [0.29, 0.717) is 38.2 Å². The van der Waals surface area contributed by atoms with Crippen LogP contribution in [0.4, 0.5) is 0 Å². The molecule has 184 valence electrons. The van der Waals surface area contributed by atoms with Gasteiger partial charge in [-0.1, -0.05) is 38.1 Å². The number of thiazole rings is 1. The second kappa shape index (κ2) is 12.1. The lowest BCUT2D eigenvalue weighted by Gasteiger charge is -2.28. The number of β-amino-alcohol motifs (C(OH)–C–C–N with tert-alkyl or cyclic N) is 1. The number of aliphatic hydroxyl groups is 1. The maximum Gasteiger partial charge on any atom is 0.233 e. The van der Waals surface area contributed by atoms with Crippen molar-refractivity contribution in [3.8, 4) is 10.4 Å². The van der Waals surface area contributed by atoms with Crippen molar-refractivity contribution in [1.82, 2.24) is 20.7 Å². The summed E-state index contributed by atoms with van der Waals surface area (Å²) in [6, 6.07) is 8.25. The summed E-state index contributed by atoms with van der Waals surface area (Å²) < 4.78 is 0. The third-order valence-electron chi connectivity index (χ3n) is 6.00. The predicted octanol–water partition coefficient (Wildman–Crippen LogP) is 3.02. The molecule has 3 atom stereocenters. The summed E-state index contributed by atoms with van der Waals surface area (Å²) in [5.74, 6) is 0.689. The van der Waals surface area contributed by atoms with Crippen LogP contribution in [0.3, 0.4) is 0 Å². The van der Waals surface area contributed by atoms with Crippen LogP contribution in [0.5, 0.6) is 0 Å². The van der Waals surface area contributed by atoms with Gasteiger partial charge in [0.2, 0.25) is 12.3 Å². The van der Waals surface area contributed by atoms with Crippen molar-refractivity contribution in [3.05, 3.63) is 52.9 Å². The summed E-state index contributed by atoms with van der Waals surface area (Å²) >= 11 is 1.64. The molecule has 3 N–H and O–H groups in total. The van der Waals surface area contributed by atoms with E-state index in [1.54, 1.807) is 16.2 Å². The van der Waals surface area contributed by atoms with Crippen LogP contribution in [-0.2, 0) is 21.0 Å². The van der Waals surface area contributed by atoms with Gasteiger partial charge in [-0.2, -0.15) is 5.48 Å². The number of nitrogens with one attached hydrogen (secondary N) is 2. The summed E-state index contributed by atoms with van der Waals surface area (Å²) in [4.78, 5) is 35.3. The summed E-state index contributed by atoms with van der Waals surface area (Å²) in [5.41, 5.74) is 7.94. The predicted molar refractivity (Wildman–Crippen MR) is 132 cm³/mol. The molecule has 2 aromatic rings. The monoisotopic (exact) mass is 486 g/mol. The van der Waals surface area contributed by atoms with E-state index in [-0.39, 0.29) is 23.8 Å². The molecule has 34 heavy (non-hydrogen) atoms. The zero-order valence-electron chi connectivity index (χ0n) is 20.2. The van der Waals surface area contributed by atoms with E-state index in [1.807, 2.05) is 51.4 Å². The number of amides is 2. The molecule has 0 bridgehead atoms. The Bertz CT molecular complexity index is 989. The largest absolute Gasteiger partial charge is 0.412 e. The highest BCUT2D eigenvalue weighted by Crippen LogP contribution is 2.29. The molecule has 4 rings (SSSR count). The molecule has 3 unspecified atom stereocenters. The second-order valence-corrected chi connectivity index (χ2v) is 9.83. The highest BCUT2D eigenvalue weighted by Gasteiger charge is 2.38. The number of aromatic nitrogens is 1. The molecule has 0 aliphatic carbocycles. The molecular weight excluding hydrogens is 452 g/mol. The maximum absolute atomic E-state index is 12.6. The van der Waals surface area contributed by atoms with E-state index in [1.165, 1.54) is 10.4 Å². The Morgan fingerprint density at radius 3 is 2.62 bits per heavy atom. The normalized spacial score (nSPS) is 20.3. The SMILES string of the molecule is CC(C)C(C(=O)N1CC(O)CC1C)C1=CCNO1.Cc1ncsc1-c1ccc(CNC=O)cc1. The van der Waals surface area contributed by atoms with Crippen molar-refractivity contribution >= 4 is 23.7 Å². The van der Waals surface area contributed by atoms with E-state index in [0.717, 1.165) is 11.3 Å². The lowest BCUT2D eigenvalue weighted by Crippen LogP contribution is -2.41. The van der Waals surface area contributed by atoms with Crippen molar-refractivity contribution in [1.29, 1.82) is 0 Å². The minimum atomic E-state index is -0.395. The van der Waals surface area contributed by atoms with E-state index in [9.17, 15) is 14.7 Å². The van der Waals surface area contributed by atoms with Gasteiger partial charge >= 0.3 is 0 Å². The number of rotatable bonds is 7. The molecule has 0 saturated carbocycles. The molecule has 8 nitrogen and oxygen atoms in total. The summed E-state index contributed by atoms with van der Waals surface area (Å²) in [6.45, 7) is 9.67. The fourth-order valence-electron chi connectivity index (χ4n) is 4.24. The highest BCUT2D eigenvalue weighted by molar-refractivity contribution is 7.13. The van der Waals surface area contributed by atoms with Crippen molar-refractivity contribution < 1.29 is 19.5 Å². The van der Waals surface area contributed by atoms with Gasteiger partial charge in [0, 0.05) is 19.1 Å². The topological polar surface area (TPSA) is 104 Å². The van der Waals surface area contributed by atoms with Gasteiger partial charge in [-0.15, -0.1) is 11.3 Å². The van der Waals surface area contributed by atoms with Gasteiger partial charge in [0.05, 0.1) is 28.7 Å². The summed E-state index contributed by atoms with van der Waals surface area (Å²) in [7, 11) is 0. The Labute approximate surface area is 205 Å². The number of hydrogen-bond donors (Lipinski definition) is 3. The first-order valence-corrected chi connectivity index (χ1v) is 12.4. The Kier molecular flexibility index (Phi) is 9.20. The standard InChI is InChI=1S/C13H22N2O3.C12H12N2OS/c1-8(2)12(11-4-5-14-18-11)13(17)15-7-10(16)6-9(15)3;1-9-12(16-8-14-9)11-4-2-10(3-5-11)6-13-7-15/h4,8-10,12,14,16H,5-7H2,1-3H3;2-5,7-8H,6H2,1H3,(H,13,15). The van der Waals surface area contributed by atoms with Crippen molar-refractivity contribution in [2.45, 2.75) is 52.8 Å². The van der Waals surface area contributed by atoms with Gasteiger partial charge in [-0.05, 0) is 43.4 Å². The first-order valence-electron chi connectivity index (χ1n) is 11.6. The Hall–Kier alpha value is -2.75. The van der Waals surface area contributed by atoms with Gasteiger partial charge in [0.25, 0.3) is 0 Å². The Morgan fingerprint density at radius 1 is 1.38 bits per heavy atom. The van der Waals surface area contributed by atoms with Crippen molar-refractivity contribution in [2.75, 3.05) is 13.1 Å². The van der Waals surface area contributed by atoms with E-state index in [4.69, 9.17) is 4.84 Å². The molecule has 1 fully saturated rings. The molecule has 0 radical (unpaired) electrons. The van der Waals surface area contributed by atoms with Gasteiger partial charge in [0.1, 0.15) is 11.7 Å².